The van der Waals surface area contributed by atoms with E-state index in [9.17, 15) is 0 Å². The first-order valence-electron chi connectivity index (χ1n) is 9.18. The summed E-state index contributed by atoms with van der Waals surface area (Å²) in [7, 11) is 0.670. The Bertz CT molecular complexity index is 728. The van der Waals surface area contributed by atoms with Crippen molar-refractivity contribution in [2.24, 2.45) is 0 Å². The second-order valence-electron chi connectivity index (χ2n) is 8.98. The average Bonchev–Trinajstić information content (AvgIpc) is 3.01. The van der Waals surface area contributed by atoms with Crippen molar-refractivity contribution in [2.45, 2.75) is 63.0 Å². The van der Waals surface area contributed by atoms with Gasteiger partial charge in [0.05, 0.1) is 37.7 Å². The monoisotopic (exact) mass is 410 g/mol. The predicted octanol–water partition coefficient (Wildman–Crippen LogP) is 4.41. The smallest absolute Gasteiger partial charge is 0.349 e. The number of nitrogens with zero attached hydrogens (tertiary/aromatic N) is 2. The molecule has 150 valence electrons. The van der Waals surface area contributed by atoms with Crippen LogP contribution < -0.4 is 9.47 Å². The van der Waals surface area contributed by atoms with Gasteiger partial charge < -0.3 is 18.3 Å². The summed E-state index contributed by atoms with van der Waals surface area (Å²) in [4.78, 5) is 9.62. The Morgan fingerprint density at radius 3 is 2.33 bits per heavy atom. The van der Waals surface area contributed by atoms with E-state index in [1.54, 1.807) is 32.2 Å². The molecule has 8 heteroatoms. The second kappa shape index (κ2) is 7.06. The third-order valence-electron chi connectivity index (χ3n) is 5.06. The van der Waals surface area contributed by atoms with Gasteiger partial charge in [-0.3, -0.25) is 0 Å². The quantitative estimate of drug-likeness (QED) is 0.684. The minimum absolute atomic E-state index is 0.0238. The van der Waals surface area contributed by atoms with Crippen molar-refractivity contribution in [2.75, 3.05) is 20.8 Å². The van der Waals surface area contributed by atoms with Crippen LogP contribution in [0.15, 0.2) is 12.3 Å². The highest BCUT2D eigenvalue weighted by molar-refractivity contribution is 8.09. The van der Waals surface area contributed by atoms with Gasteiger partial charge in [0, 0.05) is 21.2 Å². The number of aromatic nitrogens is 2. The van der Waals surface area contributed by atoms with Gasteiger partial charge in [0.15, 0.2) is 0 Å². The van der Waals surface area contributed by atoms with E-state index in [2.05, 4.69) is 57.6 Å². The molecule has 27 heavy (non-hydrogen) atoms. The summed E-state index contributed by atoms with van der Waals surface area (Å²) < 4.78 is 23.9. The van der Waals surface area contributed by atoms with Crippen molar-refractivity contribution >= 4 is 25.2 Å². The van der Waals surface area contributed by atoms with Crippen LogP contribution in [0, 0.1) is 0 Å². The van der Waals surface area contributed by atoms with Crippen molar-refractivity contribution in [1.29, 1.82) is 0 Å². The summed E-state index contributed by atoms with van der Waals surface area (Å²) >= 11 is 1.75. The van der Waals surface area contributed by atoms with E-state index in [-0.39, 0.29) is 21.4 Å². The summed E-state index contributed by atoms with van der Waals surface area (Å²) in [5.74, 6) is 0.510. The van der Waals surface area contributed by atoms with Gasteiger partial charge in [-0.15, -0.1) is 11.8 Å². The number of fused-ring (bicyclic) bond motifs is 1. The zero-order valence-corrected chi connectivity index (χ0v) is 19.3. The van der Waals surface area contributed by atoms with Crippen molar-refractivity contribution < 1.29 is 18.3 Å². The first kappa shape index (κ1) is 20.6. The van der Waals surface area contributed by atoms with E-state index in [4.69, 9.17) is 18.3 Å². The molecule has 1 fully saturated rings. The van der Waals surface area contributed by atoms with Crippen molar-refractivity contribution in [3.63, 3.8) is 0 Å². The Hall–Kier alpha value is -1.09. The van der Waals surface area contributed by atoms with Crippen LogP contribution in [0.3, 0.4) is 0 Å². The fourth-order valence-corrected chi connectivity index (χ4v) is 10.4. The molecular weight excluding hydrogens is 380 g/mol. The SMILES string of the molecule is COc1ncc(C2=C[C@@H]3O[Si](C(C)(C)C)(C(C)(C)C)OCC3S2)c(OC)n1. The van der Waals surface area contributed by atoms with Crippen LogP contribution in [0.1, 0.15) is 47.1 Å². The zero-order valence-electron chi connectivity index (χ0n) is 17.5. The van der Waals surface area contributed by atoms with Gasteiger partial charge in [0.2, 0.25) is 5.88 Å². The molecule has 0 N–H and O–H groups in total. The van der Waals surface area contributed by atoms with Gasteiger partial charge in [0.25, 0.3) is 0 Å². The van der Waals surface area contributed by atoms with E-state index in [0.717, 1.165) is 10.5 Å². The highest BCUT2D eigenvalue weighted by Gasteiger charge is 2.62. The fourth-order valence-electron chi connectivity index (χ4n) is 4.03. The molecule has 0 spiro atoms. The van der Waals surface area contributed by atoms with E-state index in [0.29, 0.717) is 18.5 Å². The molecule has 3 heterocycles. The summed E-state index contributed by atoms with van der Waals surface area (Å²) in [5.41, 5.74) is 0.861. The van der Waals surface area contributed by atoms with Gasteiger partial charge in [-0.05, 0) is 6.08 Å². The van der Waals surface area contributed by atoms with Crippen LogP contribution in [0.5, 0.6) is 11.9 Å². The number of ether oxygens (including phenoxy) is 2. The molecule has 1 aromatic rings. The largest absolute Gasteiger partial charge is 0.480 e. The van der Waals surface area contributed by atoms with Gasteiger partial charge in [-0.25, -0.2) is 4.98 Å². The highest BCUT2D eigenvalue weighted by atomic mass is 32.2. The summed E-state index contributed by atoms with van der Waals surface area (Å²) in [6.45, 7) is 14.1. The summed E-state index contributed by atoms with van der Waals surface area (Å²) in [6.07, 6.45) is 3.96. The summed E-state index contributed by atoms with van der Waals surface area (Å²) in [5, 5.41) is 0.175. The normalized spacial score (nSPS) is 25.0. The van der Waals surface area contributed by atoms with Gasteiger partial charge >= 0.3 is 14.6 Å². The van der Waals surface area contributed by atoms with Crippen LogP contribution >= 0.6 is 11.8 Å². The molecule has 3 rings (SSSR count). The van der Waals surface area contributed by atoms with Crippen LogP contribution in [0.25, 0.3) is 4.91 Å². The molecule has 0 amide bonds. The minimum Gasteiger partial charge on any atom is -0.480 e. The second-order valence-corrected chi connectivity index (χ2v) is 15.0. The van der Waals surface area contributed by atoms with Crippen LogP contribution in [0.4, 0.5) is 0 Å². The Morgan fingerprint density at radius 1 is 1.11 bits per heavy atom. The van der Waals surface area contributed by atoms with E-state index in [1.165, 1.54) is 0 Å². The third-order valence-corrected chi connectivity index (χ3v) is 11.5. The van der Waals surface area contributed by atoms with E-state index < -0.39 is 8.56 Å². The molecule has 1 aromatic heterocycles. The molecule has 0 bridgehead atoms. The molecule has 2 atom stereocenters. The standard InChI is InChI=1S/C19H30N2O4SSi/c1-18(2,3)27(19(4,5)6)24-11-15-13(25-27)9-14(26-15)12-10-20-17(23-8)21-16(12)22-7/h9-10,13,15H,11H2,1-8H3/t13-,15?/m0/s1. The lowest BCUT2D eigenvalue weighted by atomic mass is 10.2. The Labute approximate surface area is 167 Å². The lowest BCUT2D eigenvalue weighted by Gasteiger charge is -2.53. The Kier molecular flexibility index (Phi) is 5.40. The summed E-state index contributed by atoms with van der Waals surface area (Å²) in [6, 6.07) is 0.295. The van der Waals surface area contributed by atoms with Crippen LogP contribution in [-0.2, 0) is 8.85 Å². The first-order valence-corrected chi connectivity index (χ1v) is 11.9. The van der Waals surface area contributed by atoms with Gasteiger partial charge in [-0.1, -0.05) is 41.5 Å². The number of rotatable bonds is 3. The highest BCUT2D eigenvalue weighted by Crippen LogP contribution is 2.57. The number of hydrogen-bond acceptors (Lipinski definition) is 7. The first-order chi connectivity index (χ1) is 12.5. The van der Waals surface area contributed by atoms with Crippen LogP contribution in [0.2, 0.25) is 10.1 Å². The Balaban J connectivity index is 1.94. The van der Waals surface area contributed by atoms with Gasteiger partial charge in [-0.2, -0.15) is 4.98 Å². The number of hydrogen-bond donors (Lipinski definition) is 0. The molecule has 6 nitrogen and oxygen atoms in total. The lowest BCUT2D eigenvalue weighted by Crippen LogP contribution is -2.63. The van der Waals surface area contributed by atoms with Crippen molar-refractivity contribution in [3.8, 4) is 11.9 Å². The topological polar surface area (TPSA) is 62.7 Å². The molecule has 2 aliphatic rings. The minimum atomic E-state index is -2.48. The molecule has 2 aliphatic heterocycles. The number of thioether (sulfide) groups is 1. The van der Waals surface area contributed by atoms with Crippen LogP contribution in [-0.4, -0.2) is 50.7 Å². The lowest BCUT2D eigenvalue weighted by molar-refractivity contribution is 0.0491. The third kappa shape index (κ3) is 3.52. The molecule has 0 radical (unpaired) electrons. The molecule has 0 aromatic carbocycles. The Morgan fingerprint density at radius 2 is 1.78 bits per heavy atom. The molecule has 0 aliphatic carbocycles. The van der Waals surface area contributed by atoms with Crippen molar-refractivity contribution in [1.82, 2.24) is 9.97 Å². The molecule has 1 saturated heterocycles. The van der Waals surface area contributed by atoms with E-state index in [1.807, 2.05) is 0 Å². The molecule has 0 saturated carbocycles. The maximum Gasteiger partial charge on any atom is 0.349 e. The zero-order chi connectivity index (χ0) is 20.0. The molecule has 1 unspecified atom stereocenters. The predicted molar refractivity (Wildman–Crippen MR) is 111 cm³/mol. The maximum absolute atomic E-state index is 6.81. The fraction of sp³-hybridized carbons (Fsp3) is 0.684. The maximum atomic E-state index is 6.81. The van der Waals surface area contributed by atoms with Crippen molar-refractivity contribution in [3.05, 3.63) is 17.8 Å². The molecular formula is C19H30N2O4SSi. The van der Waals surface area contributed by atoms with E-state index >= 15 is 0 Å². The van der Waals surface area contributed by atoms with Gasteiger partial charge in [0.1, 0.15) is 0 Å². The number of methoxy groups -OCH3 is 2. The average molecular weight is 411 g/mol.